The van der Waals surface area contributed by atoms with E-state index in [1.54, 1.807) is 0 Å². The largest absolute Gasteiger partial charge is 0.444 e. The number of hydrogen-bond donors (Lipinski definition) is 5. The van der Waals surface area contributed by atoms with E-state index < -0.39 is 57.5 Å². The van der Waals surface area contributed by atoms with Crippen LogP contribution in [0.3, 0.4) is 0 Å². The molecule has 216 valence electrons. The maximum Gasteiger partial charge on any atom is 0.444 e. The summed E-state index contributed by atoms with van der Waals surface area (Å²) in [6.45, 7) is 6.13. The predicted molar refractivity (Wildman–Crippen MR) is 133 cm³/mol. The molecule has 1 aromatic rings. The lowest BCUT2D eigenvalue weighted by atomic mass is 10.2. The van der Waals surface area contributed by atoms with Gasteiger partial charge in [0.15, 0.2) is 0 Å². The van der Waals surface area contributed by atoms with Crippen LogP contribution < -0.4 is 11.2 Å². The Morgan fingerprint density at radius 3 is 2.16 bits per heavy atom. The highest BCUT2D eigenvalue weighted by Crippen LogP contribution is 2.77. The van der Waals surface area contributed by atoms with E-state index in [-0.39, 0.29) is 18.4 Å². The zero-order chi connectivity index (χ0) is 28.8. The molecule has 2 unspecified atom stereocenters. The molecule has 4 atom stereocenters. The Morgan fingerprint density at radius 1 is 1.16 bits per heavy atom. The van der Waals surface area contributed by atoms with Crippen molar-refractivity contribution in [1.29, 1.82) is 0 Å². The summed E-state index contributed by atoms with van der Waals surface area (Å²) in [5, 5.41) is -5.52. The number of ether oxygens (including phenoxy) is 1. The van der Waals surface area contributed by atoms with Gasteiger partial charge < -0.3 is 33.7 Å². The highest BCUT2D eigenvalue weighted by atomic mass is 32.5. The molecule has 14 nitrogen and oxygen atoms in total. The number of H-pyrrole nitrogens is 1. The molecule has 0 bridgehead atoms. The van der Waals surface area contributed by atoms with Crippen LogP contribution in [0.1, 0.15) is 45.4 Å². The summed E-state index contributed by atoms with van der Waals surface area (Å²) in [5.41, 5.74) is -1.08. The quantitative estimate of drug-likeness (QED) is 0.226. The standard InChI is InChI=1S/C11H17F2N2O11P3S.C6H15N/c1-6-4-15(10(17)14-9(6)16)8-3-2-7(25-8)5-24-29(23,30)26-28(21,22)11(12,13)27(18,19)20;1-4-7(5-2)6-3/h4,7-8H,2-3,5H2,1H3,(H,21,22)(H,23,30)(H,14,16,17)(H2,18,19,20);4-6H2,1-3H3/t7-,8+,29?;/m0./s1. The summed E-state index contributed by atoms with van der Waals surface area (Å²) in [4.78, 5) is 63.7. The first-order chi connectivity index (χ1) is 16.8. The second-order valence-electron chi connectivity index (χ2n) is 7.81. The molecule has 2 rings (SSSR count). The van der Waals surface area contributed by atoms with Crippen molar-refractivity contribution >= 4 is 33.7 Å². The molecule has 0 aliphatic carbocycles. The van der Waals surface area contributed by atoms with Crippen LogP contribution in [0, 0.1) is 6.92 Å². The van der Waals surface area contributed by atoms with E-state index in [1.807, 2.05) is 0 Å². The molecule has 1 aliphatic rings. The Labute approximate surface area is 216 Å². The molecule has 0 spiro atoms. The van der Waals surface area contributed by atoms with Crippen molar-refractivity contribution in [2.24, 2.45) is 0 Å². The first-order valence-corrected chi connectivity index (χ1v) is 16.7. The van der Waals surface area contributed by atoms with Gasteiger partial charge in [0.25, 0.3) is 5.56 Å². The Balaban J connectivity index is 0.000000856. The Kier molecular flexibility index (Phi) is 12.6. The summed E-state index contributed by atoms with van der Waals surface area (Å²) >= 11 is 4.35. The number of aromatic nitrogens is 2. The zero-order valence-corrected chi connectivity index (χ0v) is 24.0. The number of halogens is 2. The molecular weight excluding hydrogens is 585 g/mol. The van der Waals surface area contributed by atoms with Crippen LogP contribution in [-0.2, 0) is 34.5 Å². The van der Waals surface area contributed by atoms with Gasteiger partial charge in [-0.1, -0.05) is 20.8 Å². The molecule has 20 heteroatoms. The van der Waals surface area contributed by atoms with Crippen molar-refractivity contribution in [3.63, 3.8) is 0 Å². The molecular formula is C17H32F2N3O11P3S. The molecule has 1 aromatic heterocycles. The van der Waals surface area contributed by atoms with Crippen LogP contribution in [0.2, 0.25) is 0 Å². The summed E-state index contributed by atoms with van der Waals surface area (Å²) in [7, 11) is -12.8. The van der Waals surface area contributed by atoms with Crippen molar-refractivity contribution in [2.75, 3.05) is 26.2 Å². The topological polar surface area (TPSA) is 201 Å². The SMILES string of the molecule is CCN(CC)CC.Cc1cn([C@H]2CC[C@@H](COP(O)(=S)OP(=O)(O)C(F)(F)P(=O)(O)O)O2)c(=O)[nH]c1=O. The lowest BCUT2D eigenvalue weighted by Crippen LogP contribution is -2.33. The van der Waals surface area contributed by atoms with E-state index in [2.05, 4.69) is 51.3 Å². The highest BCUT2D eigenvalue weighted by molar-refractivity contribution is 8.08. The Hall–Kier alpha value is -0.670. The molecule has 2 heterocycles. The van der Waals surface area contributed by atoms with Gasteiger partial charge in [-0.05, 0) is 51.2 Å². The van der Waals surface area contributed by atoms with Gasteiger partial charge in [-0.15, -0.1) is 0 Å². The van der Waals surface area contributed by atoms with Crippen LogP contribution in [0.5, 0.6) is 0 Å². The summed E-state index contributed by atoms with van der Waals surface area (Å²) < 4.78 is 64.2. The third kappa shape index (κ3) is 9.48. The van der Waals surface area contributed by atoms with Gasteiger partial charge in [-0.3, -0.25) is 23.5 Å². The molecule has 0 aromatic carbocycles. The number of nitrogens with zero attached hydrogens (tertiary/aromatic N) is 2. The van der Waals surface area contributed by atoms with E-state index in [0.29, 0.717) is 0 Å². The maximum absolute atomic E-state index is 13.4. The highest BCUT2D eigenvalue weighted by Gasteiger charge is 2.66. The Morgan fingerprint density at radius 2 is 1.70 bits per heavy atom. The molecule has 5 N–H and O–H groups in total. The van der Waals surface area contributed by atoms with Gasteiger partial charge in [0.1, 0.15) is 6.23 Å². The van der Waals surface area contributed by atoms with Crippen LogP contribution in [0.15, 0.2) is 15.8 Å². The van der Waals surface area contributed by atoms with Gasteiger partial charge in [-0.2, -0.15) is 8.78 Å². The minimum atomic E-state index is -6.42. The van der Waals surface area contributed by atoms with Crippen molar-refractivity contribution in [2.45, 2.75) is 58.3 Å². The third-order valence-corrected chi connectivity index (χ3v) is 11.2. The fourth-order valence-corrected chi connectivity index (χ4v) is 7.74. The number of aromatic amines is 1. The molecule has 1 fully saturated rings. The van der Waals surface area contributed by atoms with E-state index in [9.17, 15) is 37.3 Å². The van der Waals surface area contributed by atoms with Crippen LogP contribution in [-0.4, -0.2) is 71.8 Å². The molecule has 37 heavy (non-hydrogen) atoms. The van der Waals surface area contributed by atoms with Gasteiger partial charge in [-0.25, -0.2) is 9.11 Å². The fourth-order valence-electron chi connectivity index (χ4n) is 3.04. The minimum Gasteiger partial charge on any atom is -0.352 e. The molecule has 1 aliphatic heterocycles. The lowest BCUT2D eigenvalue weighted by Gasteiger charge is -2.26. The molecule has 0 radical (unpaired) electrons. The predicted octanol–water partition coefficient (Wildman–Crippen LogP) is 2.03. The first kappa shape index (κ1) is 34.4. The van der Waals surface area contributed by atoms with Crippen molar-refractivity contribution in [1.82, 2.24) is 14.5 Å². The van der Waals surface area contributed by atoms with Gasteiger partial charge in [0, 0.05) is 11.8 Å². The van der Waals surface area contributed by atoms with Gasteiger partial charge >= 0.3 is 33.0 Å². The lowest BCUT2D eigenvalue weighted by molar-refractivity contribution is -0.0219. The van der Waals surface area contributed by atoms with Crippen molar-refractivity contribution in [3.05, 3.63) is 32.6 Å². The third-order valence-electron chi connectivity index (χ3n) is 5.21. The van der Waals surface area contributed by atoms with Crippen molar-refractivity contribution < 1.29 is 51.1 Å². The summed E-state index contributed by atoms with van der Waals surface area (Å²) in [5.74, 6) is 0. The van der Waals surface area contributed by atoms with Gasteiger partial charge in [0.05, 0.1) is 12.7 Å². The van der Waals surface area contributed by atoms with E-state index >= 15 is 0 Å². The number of hydrogen-bond acceptors (Lipinski definition) is 9. The van der Waals surface area contributed by atoms with Crippen LogP contribution in [0.25, 0.3) is 0 Å². The first-order valence-electron chi connectivity index (χ1n) is 11.0. The second-order valence-corrected chi connectivity index (χ2v) is 14.6. The van der Waals surface area contributed by atoms with E-state index in [1.165, 1.54) is 32.8 Å². The van der Waals surface area contributed by atoms with Crippen molar-refractivity contribution in [3.8, 4) is 0 Å². The van der Waals surface area contributed by atoms with E-state index in [4.69, 9.17) is 14.5 Å². The van der Waals surface area contributed by atoms with Crippen LogP contribution >= 0.6 is 21.9 Å². The number of alkyl halides is 2. The number of rotatable bonds is 11. The number of nitrogens with one attached hydrogen (secondary N) is 1. The average Bonchev–Trinajstić information content (AvgIpc) is 3.24. The van der Waals surface area contributed by atoms with Crippen LogP contribution in [0.4, 0.5) is 8.78 Å². The minimum absolute atomic E-state index is 0.222. The maximum atomic E-state index is 13.4. The zero-order valence-electron chi connectivity index (χ0n) is 20.5. The number of aryl methyl sites for hydroxylation is 1. The summed E-state index contributed by atoms with van der Waals surface area (Å²) in [6, 6.07) is 0. The molecule has 0 amide bonds. The normalized spacial score (nSPS) is 21.7. The van der Waals surface area contributed by atoms with E-state index in [0.717, 1.165) is 4.57 Å². The fraction of sp³-hybridized carbons (Fsp3) is 0.765. The molecule has 1 saturated heterocycles. The summed E-state index contributed by atoms with van der Waals surface area (Å²) in [6.07, 6.45) is 0.0547. The average molecular weight is 617 g/mol. The van der Waals surface area contributed by atoms with Gasteiger partial charge in [0.2, 0.25) is 0 Å². The smallest absolute Gasteiger partial charge is 0.352 e. The second kappa shape index (κ2) is 13.6. The monoisotopic (exact) mass is 617 g/mol. The molecule has 0 saturated carbocycles. The Bertz CT molecular complexity index is 1170.